The molecule has 1 saturated heterocycles. The predicted molar refractivity (Wildman–Crippen MR) is 72.5 cm³/mol. The third kappa shape index (κ3) is 1.91. The van der Waals surface area contributed by atoms with Gasteiger partial charge in [0.15, 0.2) is 5.82 Å². The molecule has 104 valence electrons. The molecule has 1 aromatic heterocycles. The molecule has 0 radical (unpaired) electrons. The molecule has 1 atom stereocenters. The number of nitrogens with two attached hydrogens (primary N) is 1. The van der Waals surface area contributed by atoms with Crippen LogP contribution in [0.4, 0.5) is 0 Å². The minimum atomic E-state index is 0.359. The van der Waals surface area contributed by atoms with Crippen LogP contribution in [0, 0.1) is 5.41 Å². The Kier molecular flexibility index (Phi) is 2.51. The number of aromatic nitrogens is 3. The molecule has 0 amide bonds. The summed E-state index contributed by atoms with van der Waals surface area (Å²) in [6.45, 7) is 3.08. The smallest absolute Gasteiger partial charge is 0.154 e. The summed E-state index contributed by atoms with van der Waals surface area (Å²) in [6.07, 6.45) is 6.52. The first kappa shape index (κ1) is 11.9. The Labute approximate surface area is 114 Å². The second-order valence-corrected chi connectivity index (χ2v) is 6.78. The Balaban J connectivity index is 1.46. The van der Waals surface area contributed by atoms with Crippen LogP contribution in [0.2, 0.25) is 0 Å². The molecule has 2 aliphatic carbocycles. The normalized spacial score (nSPS) is 29.9. The fraction of sp³-hybridized carbons (Fsp3) is 0.857. The highest BCUT2D eigenvalue weighted by Crippen LogP contribution is 2.47. The van der Waals surface area contributed by atoms with Gasteiger partial charge >= 0.3 is 0 Å². The van der Waals surface area contributed by atoms with E-state index in [-0.39, 0.29) is 0 Å². The fourth-order valence-corrected chi connectivity index (χ4v) is 3.67. The molecule has 1 aliphatic heterocycles. The molecule has 2 saturated carbocycles. The molecule has 19 heavy (non-hydrogen) atoms. The fourth-order valence-electron chi connectivity index (χ4n) is 3.67. The SMILES string of the molecule is Cn1nc(C2CC2)nc1CN1CC(N)C2(CCC2)C1. The molecule has 0 aromatic carbocycles. The molecule has 3 fully saturated rings. The van der Waals surface area contributed by atoms with Crippen molar-refractivity contribution in [3.8, 4) is 0 Å². The van der Waals surface area contributed by atoms with E-state index in [1.165, 1.54) is 32.1 Å². The predicted octanol–water partition coefficient (Wildman–Crippen LogP) is 1.01. The molecule has 2 N–H and O–H groups in total. The third-order valence-corrected chi connectivity index (χ3v) is 5.31. The van der Waals surface area contributed by atoms with Crippen molar-refractivity contribution in [2.45, 2.75) is 50.6 Å². The van der Waals surface area contributed by atoms with Gasteiger partial charge in [0.1, 0.15) is 5.82 Å². The van der Waals surface area contributed by atoms with E-state index in [2.05, 4.69) is 10.00 Å². The van der Waals surface area contributed by atoms with Crippen molar-refractivity contribution < 1.29 is 0 Å². The van der Waals surface area contributed by atoms with E-state index in [4.69, 9.17) is 10.7 Å². The summed E-state index contributed by atoms with van der Waals surface area (Å²) >= 11 is 0. The molecule has 1 aromatic rings. The lowest BCUT2D eigenvalue weighted by atomic mass is 9.66. The Morgan fingerprint density at radius 2 is 2.16 bits per heavy atom. The van der Waals surface area contributed by atoms with Gasteiger partial charge < -0.3 is 5.73 Å². The number of nitrogens with zero attached hydrogens (tertiary/aromatic N) is 4. The van der Waals surface area contributed by atoms with Crippen molar-refractivity contribution in [3.63, 3.8) is 0 Å². The molecule has 5 heteroatoms. The van der Waals surface area contributed by atoms with Crippen molar-refractivity contribution in [2.75, 3.05) is 13.1 Å². The highest BCUT2D eigenvalue weighted by atomic mass is 15.4. The van der Waals surface area contributed by atoms with Crippen molar-refractivity contribution >= 4 is 0 Å². The summed E-state index contributed by atoms with van der Waals surface area (Å²) < 4.78 is 1.96. The second-order valence-electron chi connectivity index (χ2n) is 6.78. The van der Waals surface area contributed by atoms with Gasteiger partial charge in [-0.2, -0.15) is 5.10 Å². The lowest BCUT2D eigenvalue weighted by Crippen LogP contribution is -2.45. The van der Waals surface area contributed by atoms with Crippen LogP contribution in [0.1, 0.15) is 49.7 Å². The molecular weight excluding hydrogens is 238 g/mol. The van der Waals surface area contributed by atoms with Gasteiger partial charge in [0.25, 0.3) is 0 Å². The zero-order valence-electron chi connectivity index (χ0n) is 11.7. The van der Waals surface area contributed by atoms with E-state index in [0.29, 0.717) is 17.4 Å². The van der Waals surface area contributed by atoms with Crippen LogP contribution in [-0.2, 0) is 13.6 Å². The lowest BCUT2D eigenvalue weighted by molar-refractivity contribution is 0.121. The van der Waals surface area contributed by atoms with E-state index in [1.807, 2.05) is 11.7 Å². The zero-order valence-corrected chi connectivity index (χ0v) is 11.7. The second kappa shape index (κ2) is 4.03. The maximum atomic E-state index is 6.34. The molecule has 1 unspecified atom stereocenters. The van der Waals surface area contributed by atoms with Crippen LogP contribution in [-0.4, -0.2) is 38.8 Å². The quantitative estimate of drug-likeness (QED) is 0.882. The monoisotopic (exact) mass is 261 g/mol. The summed E-state index contributed by atoms with van der Waals surface area (Å²) in [5.41, 5.74) is 6.76. The number of likely N-dealkylation sites (tertiary alicyclic amines) is 1. The summed E-state index contributed by atoms with van der Waals surface area (Å²) in [7, 11) is 2.02. The van der Waals surface area contributed by atoms with Gasteiger partial charge in [-0.3, -0.25) is 9.58 Å². The molecule has 5 nitrogen and oxygen atoms in total. The van der Waals surface area contributed by atoms with Gasteiger partial charge in [-0.15, -0.1) is 0 Å². The van der Waals surface area contributed by atoms with E-state index < -0.39 is 0 Å². The number of hydrogen-bond donors (Lipinski definition) is 1. The Morgan fingerprint density at radius 1 is 1.37 bits per heavy atom. The van der Waals surface area contributed by atoms with Gasteiger partial charge in [0.2, 0.25) is 0 Å². The highest BCUT2D eigenvalue weighted by Gasteiger charge is 2.48. The summed E-state index contributed by atoms with van der Waals surface area (Å²) in [4.78, 5) is 7.20. The average molecular weight is 261 g/mol. The van der Waals surface area contributed by atoms with E-state index in [9.17, 15) is 0 Å². The Hall–Kier alpha value is -0.940. The van der Waals surface area contributed by atoms with Crippen molar-refractivity contribution in [2.24, 2.45) is 18.2 Å². The minimum Gasteiger partial charge on any atom is -0.326 e. The summed E-state index contributed by atoms with van der Waals surface area (Å²) in [5, 5.41) is 4.55. The zero-order chi connectivity index (χ0) is 13.0. The largest absolute Gasteiger partial charge is 0.326 e. The van der Waals surface area contributed by atoms with Crippen LogP contribution in [0.3, 0.4) is 0 Å². The molecule has 0 bridgehead atoms. The summed E-state index contributed by atoms with van der Waals surface area (Å²) in [5.74, 6) is 2.79. The molecule has 4 rings (SSSR count). The van der Waals surface area contributed by atoms with Gasteiger partial charge in [0, 0.05) is 32.1 Å². The molecule has 3 aliphatic rings. The first-order chi connectivity index (χ1) is 9.16. The van der Waals surface area contributed by atoms with Crippen molar-refractivity contribution in [1.29, 1.82) is 0 Å². The molecule has 1 spiro atoms. The Bertz CT molecular complexity index is 486. The topological polar surface area (TPSA) is 60.0 Å². The first-order valence-electron chi connectivity index (χ1n) is 7.54. The minimum absolute atomic E-state index is 0.359. The number of aryl methyl sites for hydroxylation is 1. The summed E-state index contributed by atoms with van der Waals surface area (Å²) in [6, 6.07) is 0.359. The van der Waals surface area contributed by atoms with E-state index in [0.717, 1.165) is 31.3 Å². The standard InChI is InChI=1S/C14H23N5/c1-18-12(16-13(17-18)10-3-4-10)8-19-7-11(15)14(9-19)5-2-6-14/h10-11H,2-9,15H2,1H3. The maximum absolute atomic E-state index is 6.34. The van der Waals surface area contributed by atoms with Crippen molar-refractivity contribution in [3.05, 3.63) is 11.6 Å². The van der Waals surface area contributed by atoms with Crippen LogP contribution >= 0.6 is 0 Å². The maximum Gasteiger partial charge on any atom is 0.154 e. The van der Waals surface area contributed by atoms with E-state index >= 15 is 0 Å². The first-order valence-corrected chi connectivity index (χ1v) is 7.54. The van der Waals surface area contributed by atoms with Gasteiger partial charge in [-0.05, 0) is 31.1 Å². The Morgan fingerprint density at radius 3 is 2.74 bits per heavy atom. The van der Waals surface area contributed by atoms with Crippen LogP contribution in [0.15, 0.2) is 0 Å². The van der Waals surface area contributed by atoms with Crippen LogP contribution in [0.25, 0.3) is 0 Å². The van der Waals surface area contributed by atoms with Crippen molar-refractivity contribution in [1.82, 2.24) is 19.7 Å². The van der Waals surface area contributed by atoms with Gasteiger partial charge in [0.05, 0.1) is 6.54 Å². The third-order valence-electron chi connectivity index (χ3n) is 5.31. The molecular formula is C14H23N5. The number of hydrogen-bond acceptors (Lipinski definition) is 4. The van der Waals surface area contributed by atoms with Gasteiger partial charge in [-0.1, -0.05) is 6.42 Å². The van der Waals surface area contributed by atoms with Gasteiger partial charge in [-0.25, -0.2) is 4.98 Å². The highest BCUT2D eigenvalue weighted by molar-refractivity contribution is 5.08. The number of rotatable bonds is 3. The average Bonchev–Trinajstić information content (AvgIpc) is 3.03. The van der Waals surface area contributed by atoms with Crippen LogP contribution in [0.5, 0.6) is 0 Å². The van der Waals surface area contributed by atoms with Crippen LogP contribution < -0.4 is 5.73 Å². The lowest BCUT2D eigenvalue weighted by Gasteiger charge is -2.41. The molecule has 2 heterocycles. The van der Waals surface area contributed by atoms with E-state index in [1.54, 1.807) is 0 Å².